The molecule has 6 nitrogen and oxygen atoms in total. The zero-order valence-corrected chi connectivity index (χ0v) is 13.8. The molecule has 3 N–H and O–H groups in total. The van der Waals surface area contributed by atoms with E-state index in [9.17, 15) is 14.4 Å². The van der Waals surface area contributed by atoms with E-state index in [1.165, 1.54) is 0 Å². The smallest absolute Gasteiger partial charge is 0.326 e. The molecule has 2 amide bonds. The van der Waals surface area contributed by atoms with Crippen LogP contribution >= 0.6 is 0 Å². The van der Waals surface area contributed by atoms with Crippen LogP contribution in [0.4, 0.5) is 0 Å². The van der Waals surface area contributed by atoms with Crippen molar-refractivity contribution in [3.05, 3.63) is 12.2 Å². The Morgan fingerprint density at radius 3 is 2.27 bits per heavy atom. The lowest BCUT2D eigenvalue weighted by molar-refractivity contribution is -0.142. The van der Waals surface area contributed by atoms with E-state index in [1.807, 2.05) is 13.8 Å². The first-order chi connectivity index (χ1) is 10.2. The van der Waals surface area contributed by atoms with E-state index in [0.29, 0.717) is 31.4 Å². The Hall–Kier alpha value is -1.85. The average Bonchev–Trinajstić information content (AvgIpc) is 2.40. The van der Waals surface area contributed by atoms with E-state index in [1.54, 1.807) is 6.92 Å². The summed E-state index contributed by atoms with van der Waals surface area (Å²) in [6, 6.07) is -0.817. The largest absolute Gasteiger partial charge is 0.480 e. The van der Waals surface area contributed by atoms with Crippen molar-refractivity contribution in [1.29, 1.82) is 0 Å². The van der Waals surface area contributed by atoms with Crippen molar-refractivity contribution in [2.75, 3.05) is 6.54 Å². The van der Waals surface area contributed by atoms with E-state index < -0.39 is 12.0 Å². The predicted octanol–water partition coefficient (Wildman–Crippen LogP) is 1.85. The number of carbonyl (C=O) groups excluding carboxylic acids is 2. The molecule has 0 saturated heterocycles. The van der Waals surface area contributed by atoms with Crippen LogP contribution in [-0.4, -0.2) is 35.5 Å². The van der Waals surface area contributed by atoms with Gasteiger partial charge in [0.1, 0.15) is 6.04 Å². The Morgan fingerprint density at radius 1 is 1.14 bits per heavy atom. The van der Waals surface area contributed by atoms with E-state index in [0.717, 1.165) is 12.8 Å². The molecule has 22 heavy (non-hydrogen) atoms. The molecule has 0 unspecified atom stereocenters. The second kappa shape index (κ2) is 10.8. The van der Waals surface area contributed by atoms with Gasteiger partial charge in [-0.05, 0) is 32.1 Å². The number of hydrogen-bond donors (Lipinski definition) is 3. The van der Waals surface area contributed by atoms with E-state index in [2.05, 4.69) is 17.2 Å². The van der Waals surface area contributed by atoms with Gasteiger partial charge in [0.2, 0.25) is 11.8 Å². The topological polar surface area (TPSA) is 95.5 Å². The van der Waals surface area contributed by atoms with Crippen molar-refractivity contribution in [3.63, 3.8) is 0 Å². The highest BCUT2D eigenvalue weighted by molar-refractivity contribution is 5.92. The molecule has 0 saturated carbocycles. The van der Waals surface area contributed by atoms with Crippen molar-refractivity contribution in [2.24, 2.45) is 5.92 Å². The summed E-state index contributed by atoms with van der Waals surface area (Å²) in [5.41, 5.74) is 0.476. The molecule has 0 aliphatic carbocycles. The molecule has 0 aliphatic rings. The lowest BCUT2D eigenvalue weighted by atomic mass is 10.0. The summed E-state index contributed by atoms with van der Waals surface area (Å²) in [4.78, 5) is 34.0. The van der Waals surface area contributed by atoms with Crippen LogP contribution in [0.2, 0.25) is 0 Å². The molecule has 0 bridgehead atoms. The third kappa shape index (κ3) is 9.96. The first-order valence-electron chi connectivity index (χ1n) is 7.70. The van der Waals surface area contributed by atoms with Crippen LogP contribution in [0.5, 0.6) is 0 Å². The molecule has 0 heterocycles. The molecule has 0 aromatic rings. The number of carbonyl (C=O) groups is 3. The zero-order chi connectivity index (χ0) is 17.1. The highest BCUT2D eigenvalue weighted by atomic mass is 16.4. The van der Waals surface area contributed by atoms with Crippen LogP contribution in [0.1, 0.15) is 52.9 Å². The molecule has 126 valence electrons. The molecular formula is C16H28N2O4. The van der Waals surface area contributed by atoms with Crippen LogP contribution in [0.25, 0.3) is 0 Å². The number of rotatable bonds is 11. The fourth-order valence-corrected chi connectivity index (χ4v) is 1.90. The monoisotopic (exact) mass is 312 g/mol. The van der Waals surface area contributed by atoms with Gasteiger partial charge in [-0.3, -0.25) is 9.59 Å². The Bertz CT molecular complexity index is 405. The van der Waals surface area contributed by atoms with Crippen molar-refractivity contribution in [3.8, 4) is 0 Å². The van der Waals surface area contributed by atoms with Gasteiger partial charge in [-0.2, -0.15) is 0 Å². The number of carboxylic acids is 1. The fourth-order valence-electron chi connectivity index (χ4n) is 1.90. The molecular weight excluding hydrogens is 284 g/mol. The Labute approximate surface area is 132 Å². The SMILES string of the molecule is C=C(C)C(=O)NCCCCCC(=O)N[C@@H](CC(C)C)C(=O)O. The average molecular weight is 312 g/mol. The predicted molar refractivity (Wildman–Crippen MR) is 85.3 cm³/mol. The van der Waals surface area contributed by atoms with Crippen LogP contribution in [-0.2, 0) is 14.4 Å². The highest BCUT2D eigenvalue weighted by Crippen LogP contribution is 2.06. The van der Waals surface area contributed by atoms with Gasteiger partial charge in [-0.25, -0.2) is 4.79 Å². The molecule has 0 aromatic carbocycles. The maximum Gasteiger partial charge on any atom is 0.326 e. The standard InChI is InChI=1S/C16H28N2O4/c1-11(2)10-13(16(21)22)18-14(19)8-6-5-7-9-17-15(20)12(3)4/h11,13H,3,5-10H2,1-2,4H3,(H,17,20)(H,18,19)(H,21,22)/t13-/m0/s1. The molecule has 0 fully saturated rings. The van der Waals surface area contributed by atoms with Crippen LogP contribution in [0.3, 0.4) is 0 Å². The van der Waals surface area contributed by atoms with Gasteiger partial charge in [0, 0.05) is 18.5 Å². The summed E-state index contributed by atoms with van der Waals surface area (Å²) < 4.78 is 0. The first kappa shape index (κ1) is 20.1. The molecule has 6 heteroatoms. The maximum absolute atomic E-state index is 11.7. The number of aliphatic carboxylic acids is 1. The minimum Gasteiger partial charge on any atom is -0.480 e. The van der Waals surface area contributed by atoms with Gasteiger partial charge < -0.3 is 15.7 Å². The van der Waals surface area contributed by atoms with E-state index >= 15 is 0 Å². The molecule has 1 atom stereocenters. The van der Waals surface area contributed by atoms with Gasteiger partial charge >= 0.3 is 5.97 Å². The molecule has 0 spiro atoms. The third-order valence-electron chi connectivity index (χ3n) is 3.09. The van der Waals surface area contributed by atoms with E-state index in [4.69, 9.17) is 5.11 Å². The van der Waals surface area contributed by atoms with Gasteiger partial charge in [0.15, 0.2) is 0 Å². The molecule has 0 aliphatic heterocycles. The van der Waals surface area contributed by atoms with Gasteiger partial charge in [-0.15, -0.1) is 0 Å². The number of unbranched alkanes of at least 4 members (excludes halogenated alkanes) is 2. The molecule has 0 aromatic heterocycles. The summed E-state index contributed by atoms with van der Waals surface area (Å²) >= 11 is 0. The summed E-state index contributed by atoms with van der Waals surface area (Å²) in [6.07, 6.45) is 2.97. The normalized spacial score (nSPS) is 11.8. The van der Waals surface area contributed by atoms with Gasteiger partial charge in [-0.1, -0.05) is 26.8 Å². The minimum atomic E-state index is -0.996. The van der Waals surface area contributed by atoms with Gasteiger partial charge in [0.25, 0.3) is 0 Å². The minimum absolute atomic E-state index is 0.157. The van der Waals surface area contributed by atoms with Crippen molar-refractivity contribution >= 4 is 17.8 Å². The summed E-state index contributed by atoms with van der Waals surface area (Å²) in [5, 5.41) is 14.3. The third-order valence-corrected chi connectivity index (χ3v) is 3.09. The lowest BCUT2D eigenvalue weighted by Crippen LogP contribution is -2.41. The molecule has 0 rings (SSSR count). The number of carboxylic acid groups (broad SMARTS) is 1. The van der Waals surface area contributed by atoms with Crippen LogP contribution in [0, 0.1) is 5.92 Å². The fraction of sp³-hybridized carbons (Fsp3) is 0.688. The Morgan fingerprint density at radius 2 is 1.77 bits per heavy atom. The summed E-state index contributed by atoms with van der Waals surface area (Å²) in [5.74, 6) is -1.18. The van der Waals surface area contributed by atoms with Crippen molar-refractivity contribution in [2.45, 2.75) is 58.9 Å². The van der Waals surface area contributed by atoms with Crippen molar-refractivity contribution < 1.29 is 19.5 Å². The Kier molecular flexibility index (Phi) is 9.91. The summed E-state index contributed by atoms with van der Waals surface area (Å²) in [7, 11) is 0. The highest BCUT2D eigenvalue weighted by Gasteiger charge is 2.20. The van der Waals surface area contributed by atoms with Gasteiger partial charge in [0.05, 0.1) is 0 Å². The number of nitrogens with one attached hydrogen (secondary N) is 2. The van der Waals surface area contributed by atoms with Crippen molar-refractivity contribution in [1.82, 2.24) is 10.6 Å². The second-order valence-corrected chi connectivity index (χ2v) is 5.93. The van der Waals surface area contributed by atoms with Crippen LogP contribution in [0.15, 0.2) is 12.2 Å². The quantitative estimate of drug-likeness (QED) is 0.401. The lowest BCUT2D eigenvalue weighted by Gasteiger charge is -2.16. The maximum atomic E-state index is 11.7. The van der Waals surface area contributed by atoms with E-state index in [-0.39, 0.29) is 17.7 Å². The first-order valence-corrected chi connectivity index (χ1v) is 7.70. The number of hydrogen-bond acceptors (Lipinski definition) is 3. The molecule has 0 radical (unpaired) electrons. The Balaban J connectivity index is 3.82. The summed E-state index contributed by atoms with van der Waals surface area (Å²) in [6.45, 7) is 9.58. The van der Waals surface area contributed by atoms with Crippen LogP contribution < -0.4 is 10.6 Å². The second-order valence-electron chi connectivity index (χ2n) is 5.93. The number of amides is 2. The zero-order valence-electron chi connectivity index (χ0n) is 13.8.